The molecule has 1 amide bonds. The van der Waals surface area contributed by atoms with Crippen molar-refractivity contribution in [3.63, 3.8) is 0 Å². The standard InChI is InChI=1S/C17H24N6O4/c1-10(24)8-23-12(9-22-6-4-11(5-7-22)14(18)25)19-15-13(23)16(26)21(3)17(27)20(15)2/h11H,4-9H2,1-3H3,(H2,18,25)/p+1. The zero-order valence-corrected chi connectivity index (χ0v) is 15.8. The molecule has 3 rings (SSSR count). The monoisotopic (exact) mass is 377 g/mol. The molecule has 0 radical (unpaired) electrons. The fraction of sp³-hybridized carbons (Fsp3) is 0.588. The zero-order chi connectivity index (χ0) is 19.9. The number of likely N-dealkylation sites (tertiary alicyclic amines) is 1. The molecular formula is C17H25N6O4+. The largest absolute Gasteiger partial charge is 0.369 e. The average Bonchev–Trinajstić information content (AvgIpc) is 2.96. The third-order valence-electron chi connectivity index (χ3n) is 5.31. The van der Waals surface area contributed by atoms with Crippen LogP contribution in [-0.2, 0) is 36.8 Å². The van der Waals surface area contributed by atoms with Crippen molar-refractivity contribution in [3.8, 4) is 0 Å². The molecule has 0 unspecified atom stereocenters. The van der Waals surface area contributed by atoms with Gasteiger partial charge in [0.1, 0.15) is 12.3 Å². The summed E-state index contributed by atoms with van der Waals surface area (Å²) in [5, 5.41) is 0. The highest BCUT2D eigenvalue weighted by Crippen LogP contribution is 2.12. The van der Waals surface area contributed by atoms with Gasteiger partial charge < -0.3 is 15.2 Å². The number of carbonyl (C=O) groups excluding carboxylic acids is 2. The Kier molecular flexibility index (Phi) is 5.01. The first-order valence-corrected chi connectivity index (χ1v) is 8.98. The number of aromatic nitrogens is 4. The second-order valence-electron chi connectivity index (χ2n) is 7.30. The van der Waals surface area contributed by atoms with Crippen molar-refractivity contribution >= 4 is 22.9 Å². The van der Waals surface area contributed by atoms with Crippen LogP contribution in [0.4, 0.5) is 0 Å². The summed E-state index contributed by atoms with van der Waals surface area (Å²) in [5.74, 6) is 0.120. The first-order chi connectivity index (χ1) is 12.7. The van der Waals surface area contributed by atoms with E-state index in [-0.39, 0.29) is 35.3 Å². The van der Waals surface area contributed by atoms with Crippen molar-refractivity contribution in [3.05, 3.63) is 26.7 Å². The number of quaternary nitrogens is 1. The van der Waals surface area contributed by atoms with E-state index in [4.69, 9.17) is 5.73 Å². The number of hydrogen-bond acceptors (Lipinski definition) is 5. The minimum atomic E-state index is -0.462. The second-order valence-corrected chi connectivity index (χ2v) is 7.30. The summed E-state index contributed by atoms with van der Waals surface area (Å²) >= 11 is 0. The molecule has 1 aliphatic rings. The van der Waals surface area contributed by atoms with Crippen molar-refractivity contribution in [2.45, 2.75) is 32.9 Å². The maximum Gasteiger partial charge on any atom is 0.332 e. The highest BCUT2D eigenvalue weighted by atomic mass is 16.2. The van der Waals surface area contributed by atoms with Gasteiger partial charge in [-0.2, -0.15) is 0 Å². The Bertz CT molecular complexity index is 1020. The number of rotatable bonds is 5. The molecule has 0 spiro atoms. The summed E-state index contributed by atoms with van der Waals surface area (Å²) in [6.45, 7) is 3.50. The molecule has 1 aliphatic heterocycles. The molecule has 2 aromatic rings. The first-order valence-electron chi connectivity index (χ1n) is 8.98. The quantitative estimate of drug-likeness (QED) is 0.586. The number of hydrogen-bond donors (Lipinski definition) is 2. The first kappa shape index (κ1) is 19.0. The lowest BCUT2D eigenvalue weighted by atomic mass is 9.96. The number of ketones is 1. The maximum atomic E-state index is 12.6. The molecular weight excluding hydrogens is 352 g/mol. The second kappa shape index (κ2) is 7.10. The Labute approximate surface area is 155 Å². The lowest BCUT2D eigenvalue weighted by Gasteiger charge is -2.27. The van der Waals surface area contributed by atoms with Crippen molar-refractivity contribution in [2.75, 3.05) is 13.1 Å². The van der Waals surface area contributed by atoms with Gasteiger partial charge in [-0.05, 0) is 6.92 Å². The zero-order valence-electron chi connectivity index (χ0n) is 15.8. The Balaban J connectivity index is 2.02. The summed E-state index contributed by atoms with van der Waals surface area (Å²) in [6, 6.07) is 0. The van der Waals surface area contributed by atoms with Gasteiger partial charge in [0.15, 0.2) is 17.0 Å². The normalized spacial score (nSPS) is 20.1. The summed E-state index contributed by atoms with van der Waals surface area (Å²) in [5.41, 5.74) is 5.01. The van der Waals surface area contributed by atoms with Crippen molar-refractivity contribution < 1.29 is 14.5 Å². The number of aryl methyl sites for hydroxylation is 1. The maximum absolute atomic E-state index is 12.6. The number of piperidine rings is 1. The Morgan fingerprint density at radius 1 is 1.19 bits per heavy atom. The molecule has 1 saturated heterocycles. The van der Waals surface area contributed by atoms with Crippen LogP contribution in [0, 0.1) is 5.92 Å². The van der Waals surface area contributed by atoms with Crippen LogP contribution in [0.3, 0.4) is 0 Å². The van der Waals surface area contributed by atoms with E-state index >= 15 is 0 Å². The number of nitrogens with one attached hydrogen (secondary N) is 1. The van der Waals surface area contributed by atoms with Crippen LogP contribution in [0.2, 0.25) is 0 Å². The van der Waals surface area contributed by atoms with Crippen LogP contribution < -0.4 is 21.9 Å². The minimum Gasteiger partial charge on any atom is -0.369 e. The Morgan fingerprint density at radius 3 is 2.37 bits per heavy atom. The molecule has 0 saturated carbocycles. The topological polar surface area (TPSA) is 126 Å². The van der Waals surface area contributed by atoms with Crippen LogP contribution in [0.1, 0.15) is 25.6 Å². The molecule has 2 aromatic heterocycles. The van der Waals surface area contributed by atoms with Crippen molar-refractivity contribution in [2.24, 2.45) is 25.7 Å². The number of amides is 1. The van der Waals surface area contributed by atoms with E-state index in [1.165, 1.54) is 23.4 Å². The van der Waals surface area contributed by atoms with Gasteiger partial charge >= 0.3 is 5.69 Å². The van der Waals surface area contributed by atoms with Gasteiger partial charge in [0.25, 0.3) is 5.56 Å². The number of primary amides is 1. The van der Waals surface area contributed by atoms with Crippen LogP contribution in [0.5, 0.6) is 0 Å². The van der Waals surface area contributed by atoms with E-state index in [1.54, 1.807) is 11.6 Å². The number of carbonyl (C=O) groups is 2. The number of nitrogens with two attached hydrogens (primary N) is 1. The summed E-state index contributed by atoms with van der Waals surface area (Å²) in [6.07, 6.45) is 1.41. The van der Waals surface area contributed by atoms with E-state index < -0.39 is 11.2 Å². The van der Waals surface area contributed by atoms with E-state index in [0.29, 0.717) is 25.2 Å². The molecule has 3 N–H and O–H groups in total. The SMILES string of the molecule is CC(=O)Cn1c(C[NH+]2CCC(C(N)=O)CC2)nc2c1c(=O)n(C)c(=O)n2C. The number of fused-ring (bicyclic) bond motifs is 1. The van der Waals surface area contributed by atoms with Crippen molar-refractivity contribution in [1.82, 2.24) is 18.7 Å². The molecule has 10 nitrogen and oxygen atoms in total. The average molecular weight is 377 g/mol. The van der Waals surface area contributed by atoms with Gasteiger partial charge in [-0.1, -0.05) is 0 Å². The molecule has 1 fully saturated rings. The molecule has 27 heavy (non-hydrogen) atoms. The number of nitrogens with zero attached hydrogens (tertiary/aromatic N) is 4. The Hall–Kier alpha value is -2.75. The summed E-state index contributed by atoms with van der Waals surface area (Å²) < 4.78 is 3.97. The van der Waals surface area contributed by atoms with Crippen molar-refractivity contribution in [1.29, 1.82) is 0 Å². The van der Waals surface area contributed by atoms with Crippen LogP contribution >= 0.6 is 0 Å². The third kappa shape index (κ3) is 3.44. The molecule has 0 atom stereocenters. The van der Waals surface area contributed by atoms with Gasteiger partial charge in [0, 0.05) is 32.9 Å². The summed E-state index contributed by atoms with van der Waals surface area (Å²) in [7, 11) is 2.97. The molecule has 0 bridgehead atoms. The van der Waals surface area contributed by atoms with E-state index in [1.807, 2.05) is 0 Å². The van der Waals surface area contributed by atoms with Gasteiger partial charge in [-0.15, -0.1) is 0 Å². The molecule has 146 valence electrons. The fourth-order valence-electron chi connectivity index (χ4n) is 3.73. The third-order valence-corrected chi connectivity index (χ3v) is 5.31. The van der Waals surface area contributed by atoms with Gasteiger partial charge in [-0.25, -0.2) is 9.78 Å². The molecule has 10 heteroatoms. The number of Topliss-reactive ketones (excluding diaryl/α,β-unsaturated/α-hetero) is 1. The van der Waals surface area contributed by atoms with Crippen LogP contribution in [-0.4, -0.2) is 43.5 Å². The highest BCUT2D eigenvalue weighted by molar-refractivity contribution is 5.79. The van der Waals surface area contributed by atoms with Gasteiger partial charge in [-0.3, -0.25) is 23.5 Å². The lowest BCUT2D eigenvalue weighted by Crippen LogP contribution is -3.12. The predicted molar refractivity (Wildman–Crippen MR) is 97.2 cm³/mol. The number of imidazole rings is 1. The smallest absolute Gasteiger partial charge is 0.332 e. The summed E-state index contributed by atoms with van der Waals surface area (Å²) in [4.78, 5) is 53.7. The lowest BCUT2D eigenvalue weighted by molar-refractivity contribution is -0.920. The Morgan fingerprint density at radius 2 is 1.81 bits per heavy atom. The van der Waals surface area contributed by atoms with E-state index in [9.17, 15) is 19.2 Å². The van der Waals surface area contributed by atoms with E-state index in [2.05, 4.69) is 4.98 Å². The van der Waals surface area contributed by atoms with Gasteiger partial charge in [0.2, 0.25) is 5.91 Å². The van der Waals surface area contributed by atoms with Crippen LogP contribution in [0.15, 0.2) is 9.59 Å². The van der Waals surface area contributed by atoms with Gasteiger partial charge in [0.05, 0.1) is 19.6 Å². The predicted octanol–water partition coefficient (Wildman–Crippen LogP) is -2.70. The fourth-order valence-corrected chi connectivity index (χ4v) is 3.73. The molecule has 0 aliphatic carbocycles. The van der Waals surface area contributed by atoms with Crippen LogP contribution in [0.25, 0.3) is 11.2 Å². The highest BCUT2D eigenvalue weighted by Gasteiger charge is 2.28. The molecule has 0 aromatic carbocycles. The van der Waals surface area contributed by atoms with E-state index in [0.717, 1.165) is 17.7 Å². The molecule has 3 heterocycles. The minimum absolute atomic E-state index is 0.0243.